The Morgan fingerprint density at radius 2 is 2.17 bits per heavy atom. The lowest BCUT2D eigenvalue weighted by Gasteiger charge is -2.25. The van der Waals surface area contributed by atoms with Crippen LogP contribution in [0.4, 0.5) is 10.1 Å². The topological polar surface area (TPSA) is 50.4 Å². The minimum Gasteiger partial charge on any atom is -0.465 e. The number of hydrogen-bond acceptors (Lipinski definition) is 4. The molecule has 0 aliphatic carbocycles. The maximum atomic E-state index is 13.7. The molecule has 2 rings (SSSR count). The van der Waals surface area contributed by atoms with Gasteiger partial charge in [-0.15, -0.1) is 0 Å². The van der Waals surface area contributed by atoms with Gasteiger partial charge in [0.1, 0.15) is 5.82 Å². The van der Waals surface area contributed by atoms with Crippen LogP contribution in [0.1, 0.15) is 23.2 Å². The Morgan fingerprint density at radius 1 is 1.44 bits per heavy atom. The van der Waals surface area contributed by atoms with Crippen molar-refractivity contribution in [3.63, 3.8) is 0 Å². The highest BCUT2D eigenvalue weighted by molar-refractivity contribution is 5.90. The van der Waals surface area contributed by atoms with Crippen LogP contribution >= 0.6 is 0 Å². The Labute approximate surface area is 106 Å². The standard InChI is InChI=1S/C13H17FN2O2/c1-18-13(17)9-2-3-11(14)12(8-9)16-10-4-6-15-7-5-10/h2-3,8,10,15-16H,4-7H2,1H3. The average Bonchev–Trinajstić information content (AvgIpc) is 2.41. The van der Waals surface area contributed by atoms with Crippen LogP contribution in [0.5, 0.6) is 0 Å². The lowest BCUT2D eigenvalue weighted by Crippen LogP contribution is -2.35. The molecule has 18 heavy (non-hydrogen) atoms. The first-order chi connectivity index (χ1) is 8.70. The minimum absolute atomic E-state index is 0.244. The van der Waals surface area contributed by atoms with Crippen LogP contribution in [0.15, 0.2) is 18.2 Å². The molecule has 0 saturated carbocycles. The zero-order valence-corrected chi connectivity index (χ0v) is 10.3. The van der Waals surface area contributed by atoms with Crippen LogP contribution in [0, 0.1) is 5.82 Å². The van der Waals surface area contributed by atoms with Crippen LogP contribution in [-0.2, 0) is 4.74 Å². The first-order valence-electron chi connectivity index (χ1n) is 6.06. The third-order valence-electron chi connectivity index (χ3n) is 3.09. The van der Waals surface area contributed by atoms with Crippen molar-refractivity contribution in [3.8, 4) is 0 Å². The molecule has 1 aromatic carbocycles. The lowest BCUT2D eigenvalue weighted by atomic mass is 10.1. The monoisotopic (exact) mass is 252 g/mol. The molecule has 1 aromatic rings. The number of halogens is 1. The summed E-state index contributed by atoms with van der Waals surface area (Å²) in [4.78, 5) is 11.4. The summed E-state index contributed by atoms with van der Waals surface area (Å²) in [6, 6.07) is 4.46. The van der Waals surface area contributed by atoms with Crippen molar-refractivity contribution in [2.45, 2.75) is 18.9 Å². The van der Waals surface area contributed by atoms with Crippen molar-refractivity contribution >= 4 is 11.7 Å². The second-order valence-electron chi connectivity index (χ2n) is 4.35. The first kappa shape index (κ1) is 12.8. The normalized spacial score (nSPS) is 16.3. The fourth-order valence-electron chi connectivity index (χ4n) is 2.07. The SMILES string of the molecule is COC(=O)c1ccc(F)c(NC2CCNCC2)c1. The third kappa shape index (κ3) is 2.98. The summed E-state index contributed by atoms with van der Waals surface area (Å²) in [5.41, 5.74) is 0.722. The van der Waals surface area contributed by atoms with Crippen LogP contribution in [0.3, 0.4) is 0 Å². The minimum atomic E-state index is -0.455. The number of carbonyl (C=O) groups excluding carboxylic acids is 1. The maximum absolute atomic E-state index is 13.7. The van der Waals surface area contributed by atoms with Crippen molar-refractivity contribution in [1.82, 2.24) is 5.32 Å². The molecule has 1 saturated heterocycles. The first-order valence-corrected chi connectivity index (χ1v) is 6.06. The van der Waals surface area contributed by atoms with Gasteiger partial charge in [-0.1, -0.05) is 0 Å². The molecular weight excluding hydrogens is 235 g/mol. The molecule has 1 heterocycles. The number of hydrogen-bond donors (Lipinski definition) is 2. The molecule has 0 atom stereocenters. The number of methoxy groups -OCH3 is 1. The van der Waals surface area contributed by atoms with Crippen LogP contribution in [0.2, 0.25) is 0 Å². The number of esters is 1. The van der Waals surface area contributed by atoms with Crippen molar-refractivity contribution in [2.75, 3.05) is 25.5 Å². The molecule has 4 nitrogen and oxygen atoms in total. The number of ether oxygens (including phenoxy) is 1. The molecule has 5 heteroatoms. The fraction of sp³-hybridized carbons (Fsp3) is 0.462. The Balaban J connectivity index is 2.12. The van der Waals surface area contributed by atoms with Crippen molar-refractivity contribution in [3.05, 3.63) is 29.6 Å². The van der Waals surface area contributed by atoms with E-state index in [0.717, 1.165) is 25.9 Å². The summed E-state index contributed by atoms with van der Waals surface area (Å²) in [5.74, 6) is -0.801. The molecule has 0 bridgehead atoms. The van der Waals surface area contributed by atoms with E-state index in [-0.39, 0.29) is 11.9 Å². The molecule has 0 unspecified atom stereocenters. The van der Waals surface area contributed by atoms with E-state index in [1.54, 1.807) is 0 Å². The van der Waals surface area contributed by atoms with Gasteiger partial charge in [-0.05, 0) is 44.1 Å². The molecular formula is C13H17FN2O2. The fourth-order valence-corrected chi connectivity index (χ4v) is 2.07. The molecule has 1 aliphatic rings. The van der Waals surface area contributed by atoms with Gasteiger partial charge in [-0.2, -0.15) is 0 Å². The Morgan fingerprint density at radius 3 is 2.83 bits per heavy atom. The van der Waals surface area contributed by atoms with E-state index in [4.69, 9.17) is 0 Å². The molecule has 0 radical (unpaired) electrons. The summed E-state index contributed by atoms with van der Waals surface area (Å²) in [6.45, 7) is 1.85. The van der Waals surface area contributed by atoms with Crippen molar-refractivity contribution in [2.24, 2.45) is 0 Å². The number of carbonyl (C=O) groups is 1. The second-order valence-corrected chi connectivity index (χ2v) is 4.35. The average molecular weight is 252 g/mol. The lowest BCUT2D eigenvalue weighted by molar-refractivity contribution is 0.0600. The number of nitrogens with one attached hydrogen (secondary N) is 2. The van der Waals surface area contributed by atoms with Gasteiger partial charge >= 0.3 is 5.97 Å². The summed E-state index contributed by atoms with van der Waals surface area (Å²) >= 11 is 0. The Hall–Kier alpha value is -1.62. The highest BCUT2D eigenvalue weighted by Crippen LogP contribution is 2.20. The summed E-state index contributed by atoms with van der Waals surface area (Å²) < 4.78 is 18.3. The molecule has 98 valence electrons. The smallest absolute Gasteiger partial charge is 0.337 e. The van der Waals surface area contributed by atoms with Crippen molar-refractivity contribution in [1.29, 1.82) is 0 Å². The number of piperidine rings is 1. The van der Waals surface area contributed by atoms with Crippen LogP contribution in [-0.4, -0.2) is 32.2 Å². The largest absolute Gasteiger partial charge is 0.465 e. The summed E-state index contributed by atoms with van der Waals surface area (Å²) in [6.07, 6.45) is 1.89. The molecule has 2 N–H and O–H groups in total. The van der Waals surface area contributed by atoms with E-state index in [9.17, 15) is 9.18 Å². The highest BCUT2D eigenvalue weighted by Gasteiger charge is 2.16. The van der Waals surface area contributed by atoms with Crippen molar-refractivity contribution < 1.29 is 13.9 Å². The third-order valence-corrected chi connectivity index (χ3v) is 3.09. The van der Waals surface area contributed by atoms with E-state index < -0.39 is 5.97 Å². The molecule has 0 aromatic heterocycles. The molecule has 0 amide bonds. The predicted molar refractivity (Wildman–Crippen MR) is 67.3 cm³/mol. The van der Waals surface area contributed by atoms with Gasteiger partial charge in [-0.25, -0.2) is 9.18 Å². The quantitative estimate of drug-likeness (QED) is 0.805. The number of anilines is 1. The van der Waals surface area contributed by atoms with E-state index in [2.05, 4.69) is 15.4 Å². The molecule has 1 aliphatic heterocycles. The van der Waals surface area contributed by atoms with E-state index >= 15 is 0 Å². The zero-order chi connectivity index (χ0) is 13.0. The molecule has 0 spiro atoms. The van der Waals surface area contributed by atoms with E-state index in [0.29, 0.717) is 11.3 Å². The van der Waals surface area contributed by atoms with E-state index in [1.807, 2.05) is 0 Å². The van der Waals surface area contributed by atoms with Gasteiger partial charge in [0.2, 0.25) is 0 Å². The highest BCUT2D eigenvalue weighted by atomic mass is 19.1. The summed E-state index contributed by atoms with van der Waals surface area (Å²) in [7, 11) is 1.31. The molecule has 1 fully saturated rings. The Bertz CT molecular complexity index is 431. The van der Waals surface area contributed by atoms with Gasteiger partial charge in [0, 0.05) is 6.04 Å². The van der Waals surface area contributed by atoms with Gasteiger partial charge < -0.3 is 15.4 Å². The predicted octanol–water partition coefficient (Wildman–Crippen LogP) is 1.78. The number of benzene rings is 1. The van der Waals surface area contributed by atoms with Crippen LogP contribution in [0.25, 0.3) is 0 Å². The van der Waals surface area contributed by atoms with Crippen LogP contribution < -0.4 is 10.6 Å². The summed E-state index contributed by atoms with van der Waals surface area (Å²) in [5, 5.41) is 6.39. The van der Waals surface area contributed by atoms with Gasteiger partial charge in [0.25, 0.3) is 0 Å². The maximum Gasteiger partial charge on any atom is 0.337 e. The van der Waals surface area contributed by atoms with Gasteiger partial charge in [0.15, 0.2) is 0 Å². The second kappa shape index (κ2) is 5.82. The number of rotatable bonds is 3. The van der Waals surface area contributed by atoms with Gasteiger partial charge in [0.05, 0.1) is 18.4 Å². The zero-order valence-electron chi connectivity index (χ0n) is 10.3. The van der Waals surface area contributed by atoms with Gasteiger partial charge in [-0.3, -0.25) is 0 Å². The Kier molecular flexibility index (Phi) is 4.15. The van der Waals surface area contributed by atoms with E-state index in [1.165, 1.54) is 25.3 Å².